The summed E-state index contributed by atoms with van der Waals surface area (Å²) in [5, 5.41) is 33.9. The standard InChI is InChI=1S/C17H30N4O8S/c1-8(2)5-11(17(28)29)20-16(27)12(7-30)21-15(26)10(3-4-13(23)24)19-14(25)9(18)6-22/h8-12,22,30H,3-7,18H2,1-2H3,(H,19,25)(H,20,27)(H,21,26)(H,23,24)(H,28,29). The zero-order valence-electron chi connectivity index (χ0n) is 16.8. The van der Waals surface area contributed by atoms with E-state index in [1.165, 1.54) is 0 Å². The van der Waals surface area contributed by atoms with Crippen LogP contribution in [0.5, 0.6) is 0 Å². The Labute approximate surface area is 179 Å². The van der Waals surface area contributed by atoms with Gasteiger partial charge in [-0.3, -0.25) is 19.2 Å². The minimum Gasteiger partial charge on any atom is -0.481 e. The van der Waals surface area contributed by atoms with Gasteiger partial charge in [-0.25, -0.2) is 4.79 Å². The number of nitrogens with one attached hydrogen (secondary N) is 3. The molecule has 0 rings (SSSR count). The molecule has 0 aromatic heterocycles. The van der Waals surface area contributed by atoms with Gasteiger partial charge < -0.3 is 37.0 Å². The fourth-order valence-electron chi connectivity index (χ4n) is 2.33. The summed E-state index contributed by atoms with van der Waals surface area (Å²) in [7, 11) is 0. The molecule has 0 bridgehead atoms. The van der Waals surface area contributed by atoms with E-state index >= 15 is 0 Å². The summed E-state index contributed by atoms with van der Waals surface area (Å²) in [6.07, 6.45) is -0.582. The lowest BCUT2D eigenvalue weighted by Gasteiger charge is -2.24. The van der Waals surface area contributed by atoms with E-state index < -0.39 is 66.9 Å². The topological polar surface area (TPSA) is 208 Å². The number of rotatable bonds is 14. The van der Waals surface area contributed by atoms with Gasteiger partial charge in [0.2, 0.25) is 17.7 Å². The monoisotopic (exact) mass is 450 g/mol. The molecule has 0 saturated heterocycles. The molecule has 3 amide bonds. The maximum atomic E-state index is 12.5. The molecule has 8 N–H and O–H groups in total. The molecule has 0 aromatic carbocycles. The van der Waals surface area contributed by atoms with Gasteiger partial charge in [0.1, 0.15) is 24.2 Å². The Morgan fingerprint density at radius 3 is 1.83 bits per heavy atom. The Hall–Kier alpha value is -2.38. The Bertz CT molecular complexity index is 631. The van der Waals surface area contributed by atoms with Crippen LogP contribution in [0.25, 0.3) is 0 Å². The Kier molecular flexibility index (Phi) is 12.7. The van der Waals surface area contributed by atoms with Gasteiger partial charge in [-0.2, -0.15) is 12.6 Å². The van der Waals surface area contributed by atoms with E-state index in [0.717, 1.165) is 0 Å². The maximum absolute atomic E-state index is 12.5. The molecule has 0 aromatic rings. The van der Waals surface area contributed by atoms with Crippen molar-refractivity contribution in [3.63, 3.8) is 0 Å². The fourth-order valence-corrected chi connectivity index (χ4v) is 2.59. The number of aliphatic hydroxyl groups excluding tert-OH is 1. The van der Waals surface area contributed by atoms with Gasteiger partial charge in [0, 0.05) is 12.2 Å². The lowest BCUT2D eigenvalue weighted by atomic mass is 10.0. The SMILES string of the molecule is CC(C)CC(NC(=O)C(CS)NC(=O)C(CCC(=O)O)NC(=O)C(N)CO)C(=O)O. The normalized spacial score (nSPS) is 14.9. The minimum atomic E-state index is -1.34. The van der Waals surface area contributed by atoms with Crippen LogP contribution in [-0.2, 0) is 24.0 Å². The average Bonchev–Trinajstić information content (AvgIpc) is 2.66. The second kappa shape index (κ2) is 13.8. The van der Waals surface area contributed by atoms with E-state index in [2.05, 4.69) is 28.6 Å². The van der Waals surface area contributed by atoms with Crippen LogP contribution >= 0.6 is 12.6 Å². The number of nitrogens with two attached hydrogens (primary N) is 1. The number of carbonyl (C=O) groups excluding carboxylic acids is 3. The van der Waals surface area contributed by atoms with Crippen LogP contribution in [0.4, 0.5) is 0 Å². The Balaban J connectivity index is 5.24. The van der Waals surface area contributed by atoms with Gasteiger partial charge in [-0.05, 0) is 18.8 Å². The molecule has 0 aliphatic heterocycles. The lowest BCUT2D eigenvalue weighted by Crippen LogP contribution is -2.58. The van der Waals surface area contributed by atoms with Gasteiger partial charge in [-0.15, -0.1) is 0 Å². The quantitative estimate of drug-likeness (QED) is 0.133. The summed E-state index contributed by atoms with van der Waals surface area (Å²) in [4.78, 5) is 58.9. The molecule has 12 nitrogen and oxygen atoms in total. The number of carboxylic acids is 2. The zero-order chi connectivity index (χ0) is 23.4. The summed E-state index contributed by atoms with van der Waals surface area (Å²) in [6, 6.07) is -5.05. The number of thiol groups is 1. The first-order chi connectivity index (χ1) is 13.9. The maximum Gasteiger partial charge on any atom is 0.326 e. The van der Waals surface area contributed by atoms with E-state index in [0.29, 0.717) is 0 Å². The predicted molar refractivity (Wildman–Crippen MR) is 109 cm³/mol. The van der Waals surface area contributed by atoms with Crippen LogP contribution < -0.4 is 21.7 Å². The van der Waals surface area contributed by atoms with E-state index in [1.54, 1.807) is 13.8 Å². The first kappa shape index (κ1) is 27.6. The van der Waals surface area contributed by atoms with Gasteiger partial charge in [0.25, 0.3) is 0 Å². The highest BCUT2D eigenvalue weighted by Crippen LogP contribution is 2.06. The Morgan fingerprint density at radius 2 is 1.40 bits per heavy atom. The predicted octanol–water partition coefficient (Wildman–Crippen LogP) is -2.31. The third-order valence-corrected chi connectivity index (χ3v) is 4.32. The number of hydrogen-bond donors (Lipinski definition) is 8. The minimum absolute atomic E-state index is 0.0122. The first-order valence-electron chi connectivity index (χ1n) is 9.25. The summed E-state index contributed by atoms with van der Waals surface area (Å²) in [5.74, 6) is -5.18. The van der Waals surface area contributed by atoms with Gasteiger partial charge in [0.15, 0.2) is 0 Å². The number of amides is 3. The molecule has 0 aliphatic rings. The molecule has 4 unspecified atom stereocenters. The van der Waals surface area contributed by atoms with Crippen molar-refractivity contribution < 1.29 is 39.3 Å². The van der Waals surface area contributed by atoms with Crippen molar-refractivity contribution in [3.05, 3.63) is 0 Å². The second-order valence-electron chi connectivity index (χ2n) is 7.06. The summed E-state index contributed by atoms with van der Waals surface area (Å²) < 4.78 is 0. The average molecular weight is 451 g/mol. The smallest absolute Gasteiger partial charge is 0.326 e. The number of aliphatic carboxylic acids is 2. The number of hydrogen-bond acceptors (Lipinski definition) is 8. The highest BCUT2D eigenvalue weighted by molar-refractivity contribution is 7.80. The van der Waals surface area contributed by atoms with Crippen LogP contribution in [0, 0.1) is 5.92 Å². The Morgan fingerprint density at radius 1 is 0.900 bits per heavy atom. The first-order valence-corrected chi connectivity index (χ1v) is 9.89. The van der Waals surface area contributed by atoms with Gasteiger partial charge in [-0.1, -0.05) is 13.8 Å². The molecule has 0 heterocycles. The van der Waals surface area contributed by atoms with Crippen LogP contribution in [-0.4, -0.2) is 81.5 Å². The molecule has 13 heteroatoms. The van der Waals surface area contributed by atoms with Crippen LogP contribution in [0.1, 0.15) is 33.1 Å². The molecule has 30 heavy (non-hydrogen) atoms. The third kappa shape index (κ3) is 10.4. The molecule has 0 saturated carbocycles. The molecule has 0 aliphatic carbocycles. The van der Waals surface area contributed by atoms with Crippen molar-refractivity contribution >= 4 is 42.3 Å². The van der Waals surface area contributed by atoms with Crippen LogP contribution in [0.2, 0.25) is 0 Å². The van der Waals surface area contributed by atoms with Gasteiger partial charge in [0.05, 0.1) is 6.61 Å². The molecule has 0 radical (unpaired) electrons. The van der Waals surface area contributed by atoms with Crippen molar-refractivity contribution in [1.29, 1.82) is 0 Å². The number of carboxylic acid groups (broad SMARTS) is 2. The molecule has 0 spiro atoms. The zero-order valence-corrected chi connectivity index (χ0v) is 17.7. The van der Waals surface area contributed by atoms with E-state index in [1.807, 2.05) is 0 Å². The number of carbonyl (C=O) groups is 5. The molecular weight excluding hydrogens is 420 g/mol. The largest absolute Gasteiger partial charge is 0.481 e. The van der Waals surface area contributed by atoms with Crippen molar-refractivity contribution in [2.75, 3.05) is 12.4 Å². The molecule has 0 fully saturated rings. The second-order valence-corrected chi connectivity index (χ2v) is 7.42. The van der Waals surface area contributed by atoms with Crippen molar-refractivity contribution in [1.82, 2.24) is 16.0 Å². The van der Waals surface area contributed by atoms with E-state index in [9.17, 15) is 29.1 Å². The van der Waals surface area contributed by atoms with Crippen molar-refractivity contribution in [2.45, 2.75) is 57.3 Å². The van der Waals surface area contributed by atoms with Gasteiger partial charge >= 0.3 is 11.9 Å². The van der Waals surface area contributed by atoms with Crippen LogP contribution in [0.15, 0.2) is 0 Å². The summed E-state index contributed by atoms with van der Waals surface area (Å²) in [5.41, 5.74) is 5.38. The highest BCUT2D eigenvalue weighted by Gasteiger charge is 2.30. The van der Waals surface area contributed by atoms with E-state index in [-0.39, 0.29) is 24.5 Å². The third-order valence-electron chi connectivity index (χ3n) is 3.95. The lowest BCUT2D eigenvalue weighted by molar-refractivity contribution is -0.142. The molecular formula is C17H30N4O8S. The van der Waals surface area contributed by atoms with Crippen molar-refractivity contribution in [2.24, 2.45) is 11.7 Å². The molecule has 172 valence electrons. The highest BCUT2D eigenvalue weighted by atomic mass is 32.1. The van der Waals surface area contributed by atoms with E-state index in [4.69, 9.17) is 15.9 Å². The fraction of sp³-hybridized carbons (Fsp3) is 0.706. The number of aliphatic hydroxyl groups is 1. The summed E-state index contributed by atoms with van der Waals surface area (Å²) >= 11 is 3.99. The van der Waals surface area contributed by atoms with Crippen LogP contribution in [0.3, 0.4) is 0 Å². The van der Waals surface area contributed by atoms with Crippen molar-refractivity contribution in [3.8, 4) is 0 Å². The molecule has 4 atom stereocenters. The summed E-state index contributed by atoms with van der Waals surface area (Å²) in [6.45, 7) is 2.88.